The highest BCUT2D eigenvalue weighted by molar-refractivity contribution is 5.08. The highest BCUT2D eigenvalue weighted by atomic mass is 16.7. The van der Waals surface area contributed by atoms with E-state index in [2.05, 4.69) is 0 Å². The lowest BCUT2D eigenvalue weighted by Crippen LogP contribution is -2.79. The Hall–Kier alpha value is -1.36. The molecule has 0 spiro atoms. The molecule has 2 unspecified atom stereocenters. The van der Waals surface area contributed by atoms with Gasteiger partial charge in [0.1, 0.15) is 26.7 Å². The molecule has 0 aliphatic carbocycles. The van der Waals surface area contributed by atoms with Gasteiger partial charge in [-0.1, -0.05) is 0 Å². The maximum Gasteiger partial charge on any atom is 0.329 e. The van der Waals surface area contributed by atoms with Gasteiger partial charge in [0.05, 0.1) is 13.1 Å². The van der Waals surface area contributed by atoms with Crippen LogP contribution in [-0.4, -0.2) is 81.6 Å². The highest BCUT2D eigenvalue weighted by Crippen LogP contribution is 2.39. The minimum atomic E-state index is -1.90. The zero-order valence-corrected chi connectivity index (χ0v) is 16.5. The third-order valence-electron chi connectivity index (χ3n) is 5.54. The minimum absolute atomic E-state index is 0.0637. The number of rotatable bonds is 3. The van der Waals surface area contributed by atoms with Crippen molar-refractivity contribution in [1.29, 1.82) is 0 Å². The van der Waals surface area contributed by atoms with Crippen LogP contribution in [0.5, 0.6) is 0 Å². The van der Waals surface area contributed by atoms with E-state index in [1.807, 2.05) is 41.5 Å². The van der Waals surface area contributed by atoms with Gasteiger partial charge in [-0.15, -0.1) is 0 Å². The first-order valence-electron chi connectivity index (χ1n) is 8.71. The average Bonchev–Trinajstić information content (AvgIpc) is 2.52. The second kappa shape index (κ2) is 6.66. The third kappa shape index (κ3) is 3.42. The number of ether oxygens (including phenoxy) is 2. The van der Waals surface area contributed by atoms with E-state index in [4.69, 9.17) is 9.47 Å². The number of nitro groups is 2. The van der Waals surface area contributed by atoms with Crippen LogP contribution in [0.2, 0.25) is 0 Å². The molecular weight excluding hydrogens is 344 g/mol. The summed E-state index contributed by atoms with van der Waals surface area (Å²) in [5.74, 6) is 0. The summed E-state index contributed by atoms with van der Waals surface area (Å²) in [6, 6.07) is 0. The largest absolute Gasteiger partial charge is 0.358 e. The summed E-state index contributed by atoms with van der Waals surface area (Å²) in [5.41, 5.74) is -4.63. The molecule has 2 aliphatic rings. The van der Waals surface area contributed by atoms with Crippen molar-refractivity contribution in [2.45, 2.75) is 63.7 Å². The fourth-order valence-electron chi connectivity index (χ4n) is 3.45. The maximum atomic E-state index is 12.2. The summed E-state index contributed by atoms with van der Waals surface area (Å²) in [6.45, 7) is 11.1. The van der Waals surface area contributed by atoms with Crippen LogP contribution in [0.15, 0.2) is 0 Å². The van der Waals surface area contributed by atoms with Crippen molar-refractivity contribution in [1.82, 2.24) is 9.80 Å². The molecule has 0 aromatic heterocycles. The van der Waals surface area contributed by atoms with Crippen molar-refractivity contribution in [3.05, 3.63) is 20.2 Å². The molecule has 0 aromatic carbocycles. The van der Waals surface area contributed by atoms with Crippen LogP contribution in [0.4, 0.5) is 0 Å². The van der Waals surface area contributed by atoms with Gasteiger partial charge in [0.2, 0.25) is 0 Å². The lowest BCUT2D eigenvalue weighted by atomic mass is 9.75. The number of hydrogen-bond acceptors (Lipinski definition) is 8. The van der Waals surface area contributed by atoms with Crippen molar-refractivity contribution in [3.63, 3.8) is 0 Å². The van der Waals surface area contributed by atoms with E-state index < -0.39 is 32.0 Å². The monoisotopic (exact) mass is 374 g/mol. The molecule has 150 valence electrons. The fraction of sp³-hybridized carbons (Fsp3) is 1.00. The predicted molar refractivity (Wildman–Crippen MR) is 94.0 cm³/mol. The van der Waals surface area contributed by atoms with Crippen LogP contribution in [0.3, 0.4) is 0 Å². The molecular formula is C16H30N4O6. The first-order valence-corrected chi connectivity index (χ1v) is 8.71. The lowest BCUT2D eigenvalue weighted by Gasteiger charge is -2.50. The second-order valence-corrected chi connectivity index (χ2v) is 9.27. The third-order valence-corrected chi connectivity index (χ3v) is 5.54. The van der Waals surface area contributed by atoms with Crippen molar-refractivity contribution in [2.24, 2.45) is 0 Å². The molecule has 2 atom stereocenters. The Morgan fingerprint density at radius 2 is 1.08 bits per heavy atom. The van der Waals surface area contributed by atoms with Gasteiger partial charge in [-0.25, -0.2) is 0 Å². The van der Waals surface area contributed by atoms with Crippen LogP contribution in [0.25, 0.3) is 0 Å². The maximum absolute atomic E-state index is 12.2. The topological polar surface area (TPSA) is 111 Å². The number of nitrogens with zero attached hydrogens (tertiary/aromatic N) is 4. The Bertz CT molecular complexity index is 522. The molecule has 26 heavy (non-hydrogen) atoms. The highest BCUT2D eigenvalue weighted by Gasteiger charge is 2.74. The average molecular weight is 374 g/mol. The van der Waals surface area contributed by atoms with Gasteiger partial charge in [-0.2, -0.15) is 0 Å². The Kier molecular flexibility index (Phi) is 5.37. The van der Waals surface area contributed by atoms with Crippen molar-refractivity contribution in [3.8, 4) is 0 Å². The molecule has 0 bridgehead atoms. The van der Waals surface area contributed by atoms with E-state index in [9.17, 15) is 20.2 Å². The second-order valence-electron chi connectivity index (χ2n) is 9.27. The van der Waals surface area contributed by atoms with Gasteiger partial charge in [-0.05, 0) is 41.5 Å². The van der Waals surface area contributed by atoms with Gasteiger partial charge in [0.15, 0.2) is 0 Å². The summed E-state index contributed by atoms with van der Waals surface area (Å²) in [4.78, 5) is 27.0. The van der Waals surface area contributed by atoms with E-state index in [0.717, 1.165) is 0 Å². The molecule has 0 N–H and O–H groups in total. The van der Waals surface area contributed by atoms with Gasteiger partial charge >= 0.3 is 11.1 Å². The quantitative estimate of drug-likeness (QED) is 0.535. The molecule has 10 heteroatoms. The molecule has 0 amide bonds. The van der Waals surface area contributed by atoms with E-state index in [0.29, 0.717) is 0 Å². The SMILES string of the molecule is CC(C)(C)N1COCC([N+](=O)[O-])(C2([N+](=O)[O-])COCN(C(C)(C)C)C2)C1. The fourth-order valence-corrected chi connectivity index (χ4v) is 3.45. The predicted octanol–water partition coefficient (Wildman–Crippen LogP) is 1.19. The van der Waals surface area contributed by atoms with E-state index in [1.54, 1.807) is 9.80 Å². The molecule has 2 fully saturated rings. The van der Waals surface area contributed by atoms with Crippen LogP contribution in [-0.2, 0) is 9.47 Å². The summed E-state index contributed by atoms with van der Waals surface area (Å²) < 4.78 is 11.1. The van der Waals surface area contributed by atoms with Crippen LogP contribution in [0, 0.1) is 20.2 Å². The van der Waals surface area contributed by atoms with Crippen molar-refractivity contribution in [2.75, 3.05) is 39.8 Å². The van der Waals surface area contributed by atoms with E-state index in [1.165, 1.54) is 0 Å². The molecule has 2 aliphatic heterocycles. The summed E-state index contributed by atoms with van der Waals surface area (Å²) in [7, 11) is 0. The molecule has 10 nitrogen and oxygen atoms in total. The zero-order valence-electron chi connectivity index (χ0n) is 16.5. The molecule has 0 radical (unpaired) electrons. The van der Waals surface area contributed by atoms with Gasteiger partial charge in [0.25, 0.3) is 0 Å². The first-order chi connectivity index (χ1) is 11.8. The van der Waals surface area contributed by atoms with E-state index >= 15 is 0 Å². The van der Waals surface area contributed by atoms with Crippen LogP contribution < -0.4 is 0 Å². The summed E-state index contributed by atoms with van der Waals surface area (Å²) in [6.07, 6.45) is 0. The van der Waals surface area contributed by atoms with Gasteiger partial charge in [0, 0.05) is 20.9 Å². The molecule has 2 heterocycles. The van der Waals surface area contributed by atoms with Crippen LogP contribution >= 0.6 is 0 Å². The molecule has 2 rings (SSSR count). The Morgan fingerprint density at radius 3 is 1.31 bits per heavy atom. The Labute approximate surface area is 153 Å². The first kappa shape index (κ1) is 20.9. The standard InChI is InChI=1S/C16H30N4O6/c1-13(2,3)17-7-15(19(21)22,9-25-11-17)16(20(23)24)8-18(12-26-10-16)14(4,5)6/h7-12H2,1-6H3. The van der Waals surface area contributed by atoms with Gasteiger partial charge < -0.3 is 9.47 Å². The normalized spacial score (nSPS) is 32.4. The molecule has 2 saturated heterocycles. The van der Waals surface area contributed by atoms with Gasteiger partial charge in [-0.3, -0.25) is 30.0 Å². The lowest BCUT2D eigenvalue weighted by molar-refractivity contribution is -0.698. The molecule has 0 aromatic rings. The summed E-state index contributed by atoms with van der Waals surface area (Å²) in [5, 5.41) is 24.5. The summed E-state index contributed by atoms with van der Waals surface area (Å²) >= 11 is 0. The van der Waals surface area contributed by atoms with Crippen molar-refractivity contribution < 1.29 is 19.3 Å². The van der Waals surface area contributed by atoms with Crippen molar-refractivity contribution >= 4 is 0 Å². The Balaban J connectivity index is 2.53. The number of hydrogen-bond donors (Lipinski definition) is 0. The smallest absolute Gasteiger partial charge is 0.329 e. The molecule has 0 saturated carbocycles. The minimum Gasteiger partial charge on any atom is -0.358 e. The van der Waals surface area contributed by atoms with E-state index in [-0.39, 0.29) is 39.8 Å². The van der Waals surface area contributed by atoms with Crippen LogP contribution in [0.1, 0.15) is 41.5 Å². The Morgan fingerprint density at radius 1 is 0.769 bits per heavy atom. The zero-order chi connectivity index (χ0) is 20.0.